The highest BCUT2D eigenvalue weighted by molar-refractivity contribution is 5.31. The Bertz CT molecular complexity index is 496. The van der Waals surface area contributed by atoms with E-state index in [2.05, 4.69) is 53.1 Å². The van der Waals surface area contributed by atoms with Crippen LogP contribution in [0.4, 0.5) is 0 Å². The van der Waals surface area contributed by atoms with Crippen LogP contribution in [0.3, 0.4) is 0 Å². The second kappa shape index (κ2) is 5.82. The summed E-state index contributed by atoms with van der Waals surface area (Å²) in [6.07, 6.45) is 9.39. The molecule has 0 aromatic rings. The predicted molar refractivity (Wildman–Crippen MR) is 94.0 cm³/mol. The van der Waals surface area contributed by atoms with Crippen molar-refractivity contribution < 1.29 is 5.32 Å². The molecule has 0 unspecified atom stereocenters. The molecule has 0 amide bonds. The fourth-order valence-electron chi connectivity index (χ4n) is 6.03. The van der Waals surface area contributed by atoms with E-state index in [1.54, 1.807) is 5.57 Å². The molecule has 0 aromatic carbocycles. The molecule has 1 heteroatoms. The molecule has 6 atom stereocenters. The second-order valence-electron chi connectivity index (χ2n) is 8.88. The third-order valence-corrected chi connectivity index (χ3v) is 7.20. The Balaban J connectivity index is 2.05. The number of hydrogen-bond acceptors (Lipinski definition) is 0. The summed E-state index contributed by atoms with van der Waals surface area (Å²) in [6.45, 7) is 12.0. The summed E-state index contributed by atoms with van der Waals surface area (Å²) in [7, 11) is 4.22. The van der Waals surface area contributed by atoms with Crippen LogP contribution in [-0.4, -0.2) is 5.54 Å². The Hall–Kier alpha value is -0.560. The van der Waals surface area contributed by atoms with Gasteiger partial charge >= 0.3 is 0 Å². The van der Waals surface area contributed by atoms with Gasteiger partial charge in [0.1, 0.15) is 0 Å². The van der Waals surface area contributed by atoms with Crippen molar-refractivity contribution in [2.45, 2.75) is 72.3 Å². The van der Waals surface area contributed by atoms with Crippen molar-refractivity contribution in [2.24, 2.45) is 29.6 Å². The zero-order chi connectivity index (χ0) is 16.1. The maximum atomic E-state index is 4.22. The van der Waals surface area contributed by atoms with E-state index in [-0.39, 0.29) is 0 Å². The molecule has 0 saturated heterocycles. The van der Waals surface area contributed by atoms with E-state index in [9.17, 15) is 0 Å². The van der Waals surface area contributed by atoms with Gasteiger partial charge in [0.25, 0.3) is 0 Å². The summed E-state index contributed by atoms with van der Waals surface area (Å²) in [6, 6.07) is 0. The number of allylic oxidation sites excluding steroid dienone is 4. The van der Waals surface area contributed by atoms with E-state index < -0.39 is 0 Å². The molecule has 3 aliphatic carbocycles. The van der Waals surface area contributed by atoms with Gasteiger partial charge in [0, 0.05) is 12.3 Å². The van der Waals surface area contributed by atoms with E-state index in [0.717, 1.165) is 23.7 Å². The summed E-state index contributed by atoms with van der Waals surface area (Å²) in [5.74, 6) is 4.16. The number of hydrogen-bond donors (Lipinski definition) is 1. The summed E-state index contributed by atoms with van der Waals surface area (Å²) >= 11 is 0. The van der Waals surface area contributed by atoms with Crippen LogP contribution in [0.25, 0.3) is 0 Å². The van der Waals surface area contributed by atoms with E-state index >= 15 is 0 Å². The van der Waals surface area contributed by atoms with Crippen molar-refractivity contribution in [3.63, 3.8) is 0 Å². The van der Waals surface area contributed by atoms with Crippen LogP contribution in [0.15, 0.2) is 22.8 Å². The number of quaternary nitrogens is 1. The van der Waals surface area contributed by atoms with Crippen molar-refractivity contribution in [3.8, 4) is 0 Å². The van der Waals surface area contributed by atoms with E-state index in [1.165, 1.54) is 37.7 Å². The minimum Gasteiger partial charge on any atom is -0.474 e. The fourth-order valence-corrected chi connectivity index (χ4v) is 6.03. The van der Waals surface area contributed by atoms with E-state index in [1.807, 2.05) is 5.57 Å². The molecule has 0 bridgehead atoms. The summed E-state index contributed by atoms with van der Waals surface area (Å²) < 4.78 is 0. The molecular formula is C21H35N. The minimum atomic E-state index is 0.361. The first-order valence-corrected chi connectivity index (χ1v) is 9.35. The van der Waals surface area contributed by atoms with Crippen molar-refractivity contribution in [2.75, 3.05) is 0 Å². The second-order valence-corrected chi connectivity index (χ2v) is 8.88. The lowest BCUT2D eigenvalue weighted by atomic mass is 9.49. The first-order valence-electron chi connectivity index (χ1n) is 9.35. The van der Waals surface area contributed by atoms with Gasteiger partial charge in [-0.15, -0.1) is 0 Å². The Kier molecular flexibility index (Phi) is 4.31. The molecule has 0 aromatic heterocycles. The van der Waals surface area contributed by atoms with Crippen LogP contribution < -0.4 is 5.32 Å². The van der Waals surface area contributed by atoms with Crippen molar-refractivity contribution in [1.29, 1.82) is 0 Å². The first kappa shape index (κ1) is 16.3. The van der Waals surface area contributed by atoms with Crippen molar-refractivity contribution in [1.82, 2.24) is 0 Å². The lowest BCUT2D eigenvalue weighted by Crippen LogP contribution is -2.94. The molecule has 0 aliphatic heterocycles. The first-order chi connectivity index (χ1) is 10.4. The Morgan fingerprint density at radius 3 is 2.68 bits per heavy atom. The van der Waals surface area contributed by atoms with Crippen LogP contribution in [-0.2, 0) is 0 Å². The van der Waals surface area contributed by atoms with Gasteiger partial charge in [0.15, 0.2) is 0 Å². The highest BCUT2D eigenvalue weighted by Crippen LogP contribution is 2.57. The summed E-state index contributed by atoms with van der Waals surface area (Å²) in [5.41, 5.74) is 5.40. The SMILES string of the molecule is [CH2-][NH2+][C@@]1(C)CC[C@H]2[C@H]3C(=C(C)CC[C@@H]31)[C@@H](C=C(C)C)C[C@@H]2C. The molecule has 0 heterocycles. The van der Waals surface area contributed by atoms with Crippen LogP contribution >= 0.6 is 0 Å². The standard InChI is InChI=1S/C21H35N/c1-13(2)11-16-12-15(4)17-9-10-21(5,22-6)18-8-7-14(3)19(16)20(17)18/h11,15-18,20H,6-10,12,22H2,1-5H3/t15-,16-,17+,18-,20+,21-/m0/s1. The average Bonchev–Trinajstić information content (AvgIpc) is 2.45. The quantitative estimate of drug-likeness (QED) is 0.572. The molecule has 2 saturated carbocycles. The Morgan fingerprint density at radius 1 is 1.32 bits per heavy atom. The van der Waals surface area contributed by atoms with Gasteiger partial charge in [-0.05, 0) is 77.0 Å². The molecule has 124 valence electrons. The molecule has 3 aliphatic rings. The van der Waals surface area contributed by atoms with Crippen molar-refractivity contribution >= 4 is 0 Å². The molecule has 0 spiro atoms. The average molecular weight is 302 g/mol. The van der Waals surface area contributed by atoms with Gasteiger partial charge < -0.3 is 5.32 Å². The largest absolute Gasteiger partial charge is 0.474 e. The highest BCUT2D eigenvalue weighted by Gasteiger charge is 2.54. The third kappa shape index (κ3) is 2.50. The molecule has 2 fully saturated rings. The molecular weight excluding hydrogens is 266 g/mol. The Labute approximate surface area is 137 Å². The number of nitrogens with two attached hydrogens (primary N) is 1. The minimum absolute atomic E-state index is 0.361. The number of rotatable bonds is 2. The Morgan fingerprint density at radius 2 is 2.05 bits per heavy atom. The molecule has 3 rings (SSSR count). The molecule has 2 N–H and O–H groups in total. The normalized spacial score (nSPS) is 44.5. The zero-order valence-electron chi connectivity index (χ0n) is 15.3. The van der Waals surface area contributed by atoms with Crippen LogP contribution in [0.2, 0.25) is 0 Å². The molecule has 1 nitrogen and oxygen atoms in total. The maximum Gasteiger partial charge on any atom is 0.0729 e. The smallest absolute Gasteiger partial charge is 0.0729 e. The van der Waals surface area contributed by atoms with E-state index in [4.69, 9.17) is 0 Å². The summed E-state index contributed by atoms with van der Waals surface area (Å²) in [4.78, 5) is 0. The van der Waals surface area contributed by atoms with Crippen LogP contribution in [0.1, 0.15) is 66.7 Å². The maximum absolute atomic E-state index is 4.22. The van der Waals surface area contributed by atoms with Gasteiger partial charge in [-0.1, -0.05) is 29.7 Å². The third-order valence-electron chi connectivity index (χ3n) is 7.20. The van der Waals surface area contributed by atoms with Crippen LogP contribution in [0.5, 0.6) is 0 Å². The van der Waals surface area contributed by atoms with Gasteiger partial charge in [-0.2, -0.15) is 7.05 Å². The fraction of sp³-hybridized carbons (Fsp3) is 0.762. The van der Waals surface area contributed by atoms with Crippen molar-refractivity contribution in [3.05, 3.63) is 29.8 Å². The summed E-state index contributed by atoms with van der Waals surface area (Å²) in [5, 5.41) is 2.29. The van der Waals surface area contributed by atoms with E-state index in [0.29, 0.717) is 11.5 Å². The van der Waals surface area contributed by atoms with Crippen LogP contribution in [0, 0.1) is 36.6 Å². The van der Waals surface area contributed by atoms with Gasteiger partial charge in [-0.25, -0.2) is 0 Å². The zero-order valence-corrected chi connectivity index (χ0v) is 15.3. The topological polar surface area (TPSA) is 16.6 Å². The lowest BCUT2D eigenvalue weighted by Gasteiger charge is -2.57. The highest BCUT2D eigenvalue weighted by atomic mass is 15.0. The van der Waals surface area contributed by atoms with Gasteiger partial charge in [0.2, 0.25) is 0 Å². The lowest BCUT2D eigenvalue weighted by molar-refractivity contribution is -0.687. The van der Waals surface area contributed by atoms with Gasteiger partial charge in [0.05, 0.1) is 5.54 Å². The predicted octanol–water partition coefficient (Wildman–Crippen LogP) is 4.47. The molecule has 22 heavy (non-hydrogen) atoms. The van der Waals surface area contributed by atoms with Gasteiger partial charge in [-0.3, -0.25) is 0 Å². The monoisotopic (exact) mass is 301 g/mol. The molecule has 0 radical (unpaired) electrons.